The lowest BCUT2D eigenvalue weighted by atomic mass is 10.1. The van der Waals surface area contributed by atoms with E-state index in [9.17, 15) is 13.6 Å². The summed E-state index contributed by atoms with van der Waals surface area (Å²) in [7, 11) is 0. The second kappa shape index (κ2) is 8.99. The van der Waals surface area contributed by atoms with Crippen molar-refractivity contribution in [2.24, 2.45) is 5.92 Å². The standard InChI is InChI=1S/C26H22F2N4OS/c1-15-31-24(25(34-15)17-4-5-18(12-29)22(28)10-17)26(33)32(14-16-2-3-16)9-8-19-13-30-23-7-6-20(27)11-21(19)23/h4-7,10-11,13,16,30H,2-3,8-9,14H2,1H3. The van der Waals surface area contributed by atoms with Gasteiger partial charge in [-0.2, -0.15) is 5.26 Å². The van der Waals surface area contributed by atoms with Crippen molar-refractivity contribution in [3.63, 3.8) is 0 Å². The van der Waals surface area contributed by atoms with E-state index in [0.29, 0.717) is 46.6 Å². The summed E-state index contributed by atoms with van der Waals surface area (Å²) in [5.74, 6) is -0.635. The van der Waals surface area contributed by atoms with E-state index in [2.05, 4.69) is 9.97 Å². The number of fused-ring (bicyclic) bond motifs is 1. The van der Waals surface area contributed by atoms with Gasteiger partial charge in [0, 0.05) is 30.2 Å². The summed E-state index contributed by atoms with van der Waals surface area (Å²) in [6, 6.07) is 10.8. The first kappa shape index (κ1) is 22.2. The molecule has 0 radical (unpaired) electrons. The molecule has 1 aliphatic rings. The van der Waals surface area contributed by atoms with Crippen LogP contribution in [-0.2, 0) is 6.42 Å². The fraction of sp³-hybridized carbons (Fsp3) is 0.269. The van der Waals surface area contributed by atoms with Crippen LogP contribution in [0.15, 0.2) is 42.6 Å². The summed E-state index contributed by atoms with van der Waals surface area (Å²) in [5, 5.41) is 10.6. The molecule has 0 spiro atoms. The van der Waals surface area contributed by atoms with E-state index < -0.39 is 5.82 Å². The summed E-state index contributed by atoms with van der Waals surface area (Å²) in [5.41, 5.74) is 2.60. The Kier molecular flexibility index (Phi) is 5.88. The fourth-order valence-electron chi connectivity index (χ4n) is 4.17. The van der Waals surface area contributed by atoms with Crippen LogP contribution in [0.4, 0.5) is 8.78 Å². The Morgan fingerprint density at radius 2 is 2.09 bits per heavy atom. The van der Waals surface area contributed by atoms with Gasteiger partial charge in [0.1, 0.15) is 23.4 Å². The van der Waals surface area contributed by atoms with Gasteiger partial charge in [-0.05, 0) is 73.6 Å². The molecule has 0 bridgehead atoms. The van der Waals surface area contributed by atoms with E-state index in [1.54, 1.807) is 12.1 Å². The summed E-state index contributed by atoms with van der Waals surface area (Å²) in [6.07, 6.45) is 4.62. The quantitative estimate of drug-likeness (QED) is 0.364. The number of benzene rings is 2. The van der Waals surface area contributed by atoms with Crippen molar-refractivity contribution >= 4 is 28.1 Å². The van der Waals surface area contributed by atoms with Crippen LogP contribution in [0.25, 0.3) is 21.3 Å². The minimum atomic E-state index is -0.620. The molecule has 0 aliphatic heterocycles. The van der Waals surface area contributed by atoms with Gasteiger partial charge in [-0.1, -0.05) is 6.07 Å². The number of carbonyl (C=O) groups is 1. The number of rotatable bonds is 7. The molecule has 1 aliphatic carbocycles. The largest absolute Gasteiger partial charge is 0.361 e. The maximum absolute atomic E-state index is 14.3. The van der Waals surface area contributed by atoms with E-state index in [4.69, 9.17) is 5.26 Å². The third kappa shape index (κ3) is 4.44. The maximum atomic E-state index is 14.3. The molecular weight excluding hydrogens is 454 g/mol. The van der Waals surface area contributed by atoms with Gasteiger partial charge in [-0.3, -0.25) is 4.79 Å². The molecule has 0 saturated heterocycles. The van der Waals surface area contributed by atoms with Crippen molar-refractivity contribution in [3.8, 4) is 16.5 Å². The first-order chi connectivity index (χ1) is 16.4. The molecule has 0 atom stereocenters. The maximum Gasteiger partial charge on any atom is 0.274 e. The molecule has 1 fully saturated rings. The first-order valence-electron chi connectivity index (χ1n) is 11.1. The van der Waals surface area contributed by atoms with E-state index in [1.807, 2.05) is 24.1 Å². The van der Waals surface area contributed by atoms with Crippen LogP contribution in [0.5, 0.6) is 0 Å². The second-order valence-electron chi connectivity index (χ2n) is 8.67. The number of aryl methyl sites for hydroxylation is 1. The fourth-order valence-corrected chi connectivity index (χ4v) is 5.07. The molecule has 0 unspecified atom stereocenters. The number of amides is 1. The molecule has 2 aromatic heterocycles. The van der Waals surface area contributed by atoms with Gasteiger partial charge in [0.25, 0.3) is 5.91 Å². The highest BCUT2D eigenvalue weighted by atomic mass is 32.1. The van der Waals surface area contributed by atoms with Gasteiger partial charge in [0.05, 0.1) is 15.4 Å². The topological polar surface area (TPSA) is 72.8 Å². The molecule has 4 aromatic rings. The summed E-state index contributed by atoms with van der Waals surface area (Å²) < 4.78 is 28.1. The summed E-state index contributed by atoms with van der Waals surface area (Å²) in [6.45, 7) is 2.92. The molecule has 1 saturated carbocycles. The molecule has 8 heteroatoms. The minimum Gasteiger partial charge on any atom is -0.361 e. The molecule has 172 valence electrons. The lowest BCUT2D eigenvalue weighted by Crippen LogP contribution is -2.35. The number of nitrogens with one attached hydrogen (secondary N) is 1. The number of thiazole rings is 1. The highest BCUT2D eigenvalue weighted by Gasteiger charge is 2.30. The number of H-pyrrole nitrogens is 1. The highest BCUT2D eigenvalue weighted by Crippen LogP contribution is 2.34. The van der Waals surface area contributed by atoms with Crippen molar-refractivity contribution in [1.82, 2.24) is 14.9 Å². The van der Waals surface area contributed by atoms with Gasteiger partial charge < -0.3 is 9.88 Å². The Bertz CT molecular complexity index is 1430. The van der Waals surface area contributed by atoms with Crippen molar-refractivity contribution < 1.29 is 13.6 Å². The minimum absolute atomic E-state index is 0.0385. The Morgan fingerprint density at radius 1 is 1.26 bits per heavy atom. The summed E-state index contributed by atoms with van der Waals surface area (Å²) >= 11 is 1.33. The molecule has 5 rings (SSSR count). The number of nitrogens with zero attached hydrogens (tertiary/aromatic N) is 3. The van der Waals surface area contributed by atoms with Gasteiger partial charge >= 0.3 is 0 Å². The van der Waals surface area contributed by atoms with Crippen molar-refractivity contribution in [2.45, 2.75) is 26.2 Å². The predicted molar refractivity (Wildman–Crippen MR) is 128 cm³/mol. The van der Waals surface area contributed by atoms with Gasteiger partial charge in [0.2, 0.25) is 0 Å². The van der Waals surface area contributed by atoms with E-state index in [-0.39, 0.29) is 17.3 Å². The van der Waals surface area contributed by atoms with Gasteiger partial charge in [-0.25, -0.2) is 13.8 Å². The average Bonchev–Trinajstić information content (AvgIpc) is 3.43. The number of aromatic amines is 1. The Labute approximate surface area is 199 Å². The highest BCUT2D eigenvalue weighted by molar-refractivity contribution is 7.15. The van der Waals surface area contributed by atoms with E-state index >= 15 is 0 Å². The average molecular weight is 477 g/mol. The number of halogens is 2. The van der Waals surface area contributed by atoms with Crippen LogP contribution in [-0.4, -0.2) is 33.9 Å². The SMILES string of the molecule is Cc1nc(C(=O)N(CCc2c[nH]c3ccc(F)cc23)CC2CC2)c(-c2ccc(C#N)c(F)c2)s1. The van der Waals surface area contributed by atoms with Crippen molar-refractivity contribution in [3.05, 3.63) is 76.1 Å². The van der Waals surface area contributed by atoms with Crippen LogP contribution in [0.3, 0.4) is 0 Å². The Hall–Kier alpha value is -3.57. The molecule has 5 nitrogen and oxygen atoms in total. The van der Waals surface area contributed by atoms with E-state index in [1.165, 1.54) is 35.6 Å². The Balaban J connectivity index is 1.43. The number of carbonyl (C=O) groups excluding carboxylic acids is 1. The lowest BCUT2D eigenvalue weighted by Gasteiger charge is -2.22. The zero-order valence-electron chi connectivity index (χ0n) is 18.6. The third-order valence-electron chi connectivity index (χ3n) is 6.13. The van der Waals surface area contributed by atoms with Crippen LogP contribution in [0, 0.1) is 35.8 Å². The number of nitriles is 1. The van der Waals surface area contributed by atoms with Gasteiger partial charge in [-0.15, -0.1) is 11.3 Å². The number of aromatic nitrogens is 2. The number of hydrogen-bond acceptors (Lipinski definition) is 4. The zero-order valence-corrected chi connectivity index (χ0v) is 19.4. The van der Waals surface area contributed by atoms with Crippen LogP contribution < -0.4 is 0 Å². The smallest absolute Gasteiger partial charge is 0.274 e. The summed E-state index contributed by atoms with van der Waals surface area (Å²) in [4.78, 5) is 23.7. The first-order valence-corrected chi connectivity index (χ1v) is 12.0. The van der Waals surface area contributed by atoms with Crippen LogP contribution >= 0.6 is 11.3 Å². The third-order valence-corrected chi connectivity index (χ3v) is 7.15. The molecule has 1 amide bonds. The Morgan fingerprint density at radius 3 is 2.82 bits per heavy atom. The van der Waals surface area contributed by atoms with Crippen LogP contribution in [0.2, 0.25) is 0 Å². The molecule has 34 heavy (non-hydrogen) atoms. The lowest BCUT2D eigenvalue weighted by molar-refractivity contribution is 0.0745. The number of hydrogen-bond donors (Lipinski definition) is 1. The normalized spacial score (nSPS) is 13.2. The molecule has 2 aromatic carbocycles. The second-order valence-corrected chi connectivity index (χ2v) is 9.87. The molecule has 2 heterocycles. The monoisotopic (exact) mass is 476 g/mol. The predicted octanol–water partition coefficient (Wildman–Crippen LogP) is 5.84. The van der Waals surface area contributed by atoms with Crippen molar-refractivity contribution in [1.29, 1.82) is 5.26 Å². The van der Waals surface area contributed by atoms with Crippen molar-refractivity contribution in [2.75, 3.05) is 13.1 Å². The van der Waals surface area contributed by atoms with Gasteiger partial charge in [0.15, 0.2) is 0 Å². The zero-order chi connectivity index (χ0) is 23.8. The van der Waals surface area contributed by atoms with Crippen LogP contribution in [0.1, 0.15) is 39.5 Å². The van der Waals surface area contributed by atoms with E-state index in [0.717, 1.165) is 29.3 Å². The molecule has 1 N–H and O–H groups in total. The molecular formula is C26H22F2N4OS.